The molecule has 0 aromatic heterocycles. The number of allylic oxidation sites excluding steroid dienone is 5. The molecule has 0 atom stereocenters. The molecule has 1 rings (SSSR count). The average molecular weight is 234 g/mol. The summed E-state index contributed by atoms with van der Waals surface area (Å²) in [5, 5.41) is 9.73. The minimum absolute atomic E-state index is 0.0509. The summed E-state index contributed by atoms with van der Waals surface area (Å²) in [6, 6.07) is 0. The van der Waals surface area contributed by atoms with Crippen molar-refractivity contribution < 1.29 is 14.7 Å². The predicted molar refractivity (Wildman–Crippen MR) is 66.6 cm³/mol. The van der Waals surface area contributed by atoms with Crippen LogP contribution in [0.4, 0.5) is 0 Å². The van der Waals surface area contributed by atoms with E-state index in [1.165, 1.54) is 6.08 Å². The minimum Gasteiger partial charge on any atom is -0.507 e. The van der Waals surface area contributed by atoms with Gasteiger partial charge in [0.2, 0.25) is 0 Å². The molecule has 92 valence electrons. The maximum atomic E-state index is 11.8. The summed E-state index contributed by atoms with van der Waals surface area (Å²) in [7, 11) is 0. The first kappa shape index (κ1) is 13.4. The summed E-state index contributed by atoms with van der Waals surface area (Å²) in [6.07, 6.45) is 7.10. The van der Waals surface area contributed by atoms with E-state index in [2.05, 4.69) is 0 Å². The van der Waals surface area contributed by atoms with Gasteiger partial charge in [0.05, 0.1) is 0 Å². The zero-order valence-electron chi connectivity index (χ0n) is 10.5. The lowest BCUT2D eigenvalue weighted by Gasteiger charge is -2.28. The summed E-state index contributed by atoms with van der Waals surface area (Å²) in [5.41, 5.74) is -0.351. The normalized spacial score (nSPS) is 20.5. The molecule has 0 saturated heterocycles. The van der Waals surface area contributed by atoms with Crippen molar-refractivity contribution in [3.63, 3.8) is 0 Å². The molecule has 0 spiro atoms. The van der Waals surface area contributed by atoms with Gasteiger partial charge in [0, 0.05) is 12.8 Å². The second kappa shape index (κ2) is 5.13. The summed E-state index contributed by atoms with van der Waals surface area (Å²) in [5.74, 6) is -0.767. The van der Waals surface area contributed by atoms with Crippen LogP contribution in [0.5, 0.6) is 0 Å². The number of aliphatic hydroxyl groups excluding tert-OH is 1. The molecule has 0 bridgehead atoms. The number of carbonyl (C=O) groups excluding carboxylic acids is 2. The Hall–Kier alpha value is -1.64. The molecule has 0 aliphatic heterocycles. The third-order valence-electron chi connectivity index (χ3n) is 2.65. The van der Waals surface area contributed by atoms with E-state index in [-0.39, 0.29) is 28.3 Å². The Bertz CT molecular complexity index is 401. The highest BCUT2D eigenvalue weighted by atomic mass is 16.3. The molecular weight excluding hydrogens is 216 g/mol. The molecule has 3 heteroatoms. The molecule has 0 aromatic carbocycles. The predicted octanol–water partition coefficient (Wildman–Crippen LogP) is 2.89. The van der Waals surface area contributed by atoms with Crippen molar-refractivity contribution in [1.29, 1.82) is 0 Å². The van der Waals surface area contributed by atoms with Gasteiger partial charge in [0.1, 0.15) is 11.3 Å². The highest BCUT2D eigenvalue weighted by Crippen LogP contribution is 2.34. The number of hydrogen-bond donors (Lipinski definition) is 1. The van der Waals surface area contributed by atoms with Crippen LogP contribution in [0.25, 0.3) is 0 Å². The number of hydrogen-bond acceptors (Lipinski definition) is 3. The molecule has 17 heavy (non-hydrogen) atoms. The van der Waals surface area contributed by atoms with Crippen molar-refractivity contribution in [3.8, 4) is 0 Å². The Morgan fingerprint density at radius 2 is 1.71 bits per heavy atom. The molecule has 1 fully saturated rings. The van der Waals surface area contributed by atoms with Crippen LogP contribution in [0.3, 0.4) is 0 Å². The first-order chi connectivity index (χ1) is 7.87. The number of Topliss-reactive ketones (excluding diaryl/α,β-unsaturated/α-hetero) is 2. The fourth-order valence-electron chi connectivity index (χ4n) is 1.89. The Morgan fingerprint density at radius 1 is 1.18 bits per heavy atom. The van der Waals surface area contributed by atoms with Crippen LogP contribution in [0, 0.1) is 5.41 Å². The molecule has 0 heterocycles. The first-order valence-electron chi connectivity index (χ1n) is 5.66. The zero-order chi connectivity index (χ0) is 13.1. The van der Waals surface area contributed by atoms with Gasteiger partial charge in [-0.1, -0.05) is 32.1 Å². The number of carbonyl (C=O) groups is 2. The fraction of sp³-hybridized carbons (Fsp3) is 0.429. The van der Waals surface area contributed by atoms with Crippen LogP contribution in [0.1, 0.15) is 33.6 Å². The van der Waals surface area contributed by atoms with Gasteiger partial charge in [-0.05, 0) is 18.4 Å². The monoisotopic (exact) mass is 234 g/mol. The van der Waals surface area contributed by atoms with Crippen LogP contribution in [-0.2, 0) is 9.59 Å². The lowest BCUT2D eigenvalue weighted by molar-refractivity contribution is -0.127. The fourth-order valence-corrected chi connectivity index (χ4v) is 1.89. The zero-order valence-corrected chi connectivity index (χ0v) is 10.5. The Labute approximate surface area is 102 Å². The van der Waals surface area contributed by atoms with E-state index >= 15 is 0 Å². The third-order valence-corrected chi connectivity index (χ3v) is 2.65. The number of ketones is 2. The van der Waals surface area contributed by atoms with Gasteiger partial charge in [0.25, 0.3) is 0 Å². The summed E-state index contributed by atoms with van der Waals surface area (Å²) in [6.45, 7) is 5.60. The molecule has 3 nitrogen and oxygen atoms in total. The van der Waals surface area contributed by atoms with Crippen LogP contribution in [0.15, 0.2) is 35.6 Å². The van der Waals surface area contributed by atoms with Gasteiger partial charge in [-0.25, -0.2) is 0 Å². The summed E-state index contributed by atoms with van der Waals surface area (Å²) in [4.78, 5) is 23.6. The van der Waals surface area contributed by atoms with Gasteiger partial charge in [-0.3, -0.25) is 9.59 Å². The van der Waals surface area contributed by atoms with E-state index in [9.17, 15) is 14.7 Å². The molecule has 0 unspecified atom stereocenters. The van der Waals surface area contributed by atoms with Crippen LogP contribution in [0.2, 0.25) is 0 Å². The summed E-state index contributed by atoms with van der Waals surface area (Å²) < 4.78 is 0. The highest BCUT2D eigenvalue weighted by Gasteiger charge is 2.37. The van der Waals surface area contributed by atoms with Gasteiger partial charge in [-0.15, -0.1) is 0 Å². The lowest BCUT2D eigenvalue weighted by atomic mass is 9.74. The van der Waals surface area contributed by atoms with E-state index in [0.717, 1.165) is 0 Å². The minimum atomic E-state index is -0.301. The second-order valence-electron chi connectivity index (χ2n) is 5.01. The van der Waals surface area contributed by atoms with Crippen molar-refractivity contribution in [1.82, 2.24) is 0 Å². The van der Waals surface area contributed by atoms with Crippen LogP contribution < -0.4 is 0 Å². The van der Waals surface area contributed by atoms with Crippen molar-refractivity contribution in [3.05, 3.63) is 35.6 Å². The van der Waals surface area contributed by atoms with Gasteiger partial charge >= 0.3 is 0 Å². The number of rotatable bonds is 2. The molecule has 0 aromatic rings. The molecule has 1 aliphatic carbocycles. The Kier molecular flexibility index (Phi) is 4.05. The lowest BCUT2D eigenvalue weighted by Crippen LogP contribution is -2.32. The van der Waals surface area contributed by atoms with E-state index < -0.39 is 0 Å². The van der Waals surface area contributed by atoms with Crippen LogP contribution >= 0.6 is 0 Å². The van der Waals surface area contributed by atoms with Crippen LogP contribution in [-0.4, -0.2) is 16.7 Å². The highest BCUT2D eigenvalue weighted by molar-refractivity contribution is 6.22. The Morgan fingerprint density at radius 3 is 2.18 bits per heavy atom. The van der Waals surface area contributed by atoms with Crippen molar-refractivity contribution in [2.75, 3.05) is 0 Å². The van der Waals surface area contributed by atoms with E-state index in [1.54, 1.807) is 18.2 Å². The molecule has 0 radical (unpaired) electrons. The SMILES string of the molecule is C/C=C/C=C/C(O)=C1C(=O)CC(C)(C)CC1=O. The molecule has 1 N–H and O–H groups in total. The van der Waals surface area contributed by atoms with Crippen molar-refractivity contribution in [2.45, 2.75) is 33.6 Å². The third kappa shape index (κ3) is 3.41. The standard InChI is InChI=1S/C14H18O3/c1-4-5-6-7-10(15)13-11(16)8-14(2,3)9-12(13)17/h4-7,15H,8-9H2,1-3H3/b5-4+,7-6+. The molecule has 1 aliphatic rings. The Balaban J connectivity index is 3.01. The van der Waals surface area contributed by atoms with Gasteiger partial charge in [-0.2, -0.15) is 0 Å². The molecular formula is C14H18O3. The molecule has 0 amide bonds. The van der Waals surface area contributed by atoms with E-state index in [0.29, 0.717) is 12.8 Å². The smallest absolute Gasteiger partial charge is 0.170 e. The quantitative estimate of drug-likeness (QED) is 0.346. The van der Waals surface area contributed by atoms with E-state index in [4.69, 9.17) is 0 Å². The van der Waals surface area contributed by atoms with Gasteiger partial charge < -0.3 is 5.11 Å². The van der Waals surface area contributed by atoms with Gasteiger partial charge in [0.15, 0.2) is 11.6 Å². The molecule has 1 saturated carbocycles. The van der Waals surface area contributed by atoms with Crippen molar-refractivity contribution >= 4 is 11.6 Å². The maximum Gasteiger partial charge on any atom is 0.170 e. The largest absolute Gasteiger partial charge is 0.507 e. The van der Waals surface area contributed by atoms with Crippen molar-refractivity contribution in [2.24, 2.45) is 5.41 Å². The number of aliphatic hydroxyl groups is 1. The van der Waals surface area contributed by atoms with E-state index in [1.807, 2.05) is 20.8 Å². The first-order valence-corrected chi connectivity index (χ1v) is 5.66. The second-order valence-corrected chi connectivity index (χ2v) is 5.01. The topological polar surface area (TPSA) is 54.4 Å². The average Bonchev–Trinajstić information content (AvgIpc) is 2.14. The summed E-state index contributed by atoms with van der Waals surface area (Å²) >= 11 is 0. The maximum absolute atomic E-state index is 11.8.